The van der Waals surface area contributed by atoms with Gasteiger partial charge in [0, 0.05) is 9.84 Å². The van der Waals surface area contributed by atoms with E-state index in [9.17, 15) is 9.59 Å². The van der Waals surface area contributed by atoms with Crippen LogP contribution in [0, 0.1) is 11.3 Å². The van der Waals surface area contributed by atoms with Gasteiger partial charge in [0.15, 0.2) is 0 Å². The van der Waals surface area contributed by atoms with Crippen molar-refractivity contribution in [2.24, 2.45) is 11.3 Å². The molecule has 5 nitrogen and oxygen atoms in total. The Morgan fingerprint density at radius 2 is 2.00 bits per heavy atom. The van der Waals surface area contributed by atoms with E-state index in [0.29, 0.717) is 12.5 Å². The van der Waals surface area contributed by atoms with Crippen molar-refractivity contribution >= 4 is 34.5 Å². The van der Waals surface area contributed by atoms with Crippen LogP contribution >= 0.6 is 22.6 Å². The highest BCUT2D eigenvalue weighted by Gasteiger charge is 2.53. The summed E-state index contributed by atoms with van der Waals surface area (Å²) in [4.78, 5) is 29.4. The number of urea groups is 1. The van der Waals surface area contributed by atoms with E-state index in [0.717, 1.165) is 17.3 Å². The number of rotatable bonds is 3. The summed E-state index contributed by atoms with van der Waals surface area (Å²) < 4.78 is 6.66. The van der Waals surface area contributed by atoms with Gasteiger partial charge in [-0.15, -0.1) is 0 Å². The second-order valence-electron chi connectivity index (χ2n) is 7.93. The van der Waals surface area contributed by atoms with Crippen molar-refractivity contribution < 1.29 is 14.3 Å². The molecule has 2 heterocycles. The maximum atomic E-state index is 13.3. The summed E-state index contributed by atoms with van der Waals surface area (Å²) in [5.74, 6) is 0.277. The van der Waals surface area contributed by atoms with E-state index in [2.05, 4.69) is 36.4 Å². The summed E-state index contributed by atoms with van der Waals surface area (Å²) in [5.41, 5.74) is -1.14. The number of imide groups is 1. The Labute approximate surface area is 153 Å². The molecular weight excluding hydrogens is 407 g/mol. The monoisotopic (exact) mass is 436 g/mol. The molecule has 0 saturated carbocycles. The van der Waals surface area contributed by atoms with E-state index >= 15 is 0 Å². The average Bonchev–Trinajstić information content (AvgIpc) is 2.91. The maximum Gasteiger partial charge on any atom is 0.329 e. The first-order chi connectivity index (χ1) is 10.6. The van der Waals surface area contributed by atoms with Gasteiger partial charge in [-0.25, -0.2) is 4.79 Å². The molecule has 0 aromatic rings. The number of nitrogens with zero attached hydrogens (tertiary/aromatic N) is 2. The fourth-order valence-corrected chi connectivity index (χ4v) is 4.34. The van der Waals surface area contributed by atoms with Crippen LogP contribution < -0.4 is 0 Å². The molecule has 132 valence electrons. The minimum absolute atomic E-state index is 0.0221. The van der Waals surface area contributed by atoms with Crippen molar-refractivity contribution in [1.29, 1.82) is 0 Å². The minimum Gasteiger partial charge on any atom is -0.354 e. The summed E-state index contributed by atoms with van der Waals surface area (Å²) in [6, 6.07) is -0.191. The number of amides is 3. The molecule has 0 aliphatic carbocycles. The number of ether oxygens (including phenoxy) is 1. The highest BCUT2D eigenvalue weighted by molar-refractivity contribution is 14.1. The van der Waals surface area contributed by atoms with Gasteiger partial charge in [0.05, 0.1) is 18.7 Å². The van der Waals surface area contributed by atoms with Gasteiger partial charge in [-0.1, -0.05) is 56.7 Å². The van der Waals surface area contributed by atoms with Gasteiger partial charge in [0.1, 0.15) is 5.72 Å². The average molecular weight is 436 g/mol. The number of carbonyl (C=O) groups excluding carboxylic acids is 2. The van der Waals surface area contributed by atoms with Gasteiger partial charge in [-0.3, -0.25) is 14.6 Å². The molecular formula is C17H29IN2O3. The largest absolute Gasteiger partial charge is 0.354 e. The van der Waals surface area contributed by atoms with Gasteiger partial charge in [-0.05, 0) is 26.2 Å². The molecule has 2 fully saturated rings. The van der Waals surface area contributed by atoms with Gasteiger partial charge < -0.3 is 4.74 Å². The Bertz CT molecular complexity index is 492. The molecule has 0 aromatic carbocycles. The topological polar surface area (TPSA) is 49.9 Å². The van der Waals surface area contributed by atoms with Crippen molar-refractivity contribution in [2.45, 2.75) is 72.2 Å². The molecule has 3 atom stereocenters. The highest BCUT2D eigenvalue weighted by atomic mass is 127. The van der Waals surface area contributed by atoms with Crippen LogP contribution in [0.1, 0.15) is 54.4 Å². The van der Waals surface area contributed by atoms with Gasteiger partial charge in [-0.2, -0.15) is 0 Å². The molecule has 23 heavy (non-hydrogen) atoms. The predicted octanol–water partition coefficient (Wildman–Crippen LogP) is 3.65. The third kappa shape index (κ3) is 3.25. The molecule has 0 N–H and O–H groups in total. The van der Waals surface area contributed by atoms with Crippen LogP contribution in [0.2, 0.25) is 0 Å². The molecule has 0 bridgehead atoms. The summed E-state index contributed by atoms with van der Waals surface area (Å²) in [5, 5.41) is 0. The Balaban J connectivity index is 2.34. The van der Waals surface area contributed by atoms with Crippen molar-refractivity contribution in [2.75, 3.05) is 11.0 Å². The predicted molar refractivity (Wildman–Crippen MR) is 98.4 cm³/mol. The smallest absolute Gasteiger partial charge is 0.329 e. The molecule has 2 aliphatic heterocycles. The number of halogens is 1. The second-order valence-corrected chi connectivity index (χ2v) is 8.82. The quantitative estimate of drug-likeness (QED) is 0.502. The Morgan fingerprint density at radius 3 is 2.52 bits per heavy atom. The zero-order chi connectivity index (χ0) is 17.6. The molecule has 0 unspecified atom stereocenters. The molecule has 3 amide bonds. The van der Waals surface area contributed by atoms with Gasteiger partial charge in [0.2, 0.25) is 5.91 Å². The molecule has 2 rings (SSSR count). The maximum absolute atomic E-state index is 13.3. The number of hydrogen-bond acceptors (Lipinski definition) is 3. The Kier molecular flexibility index (Phi) is 5.36. The van der Waals surface area contributed by atoms with Gasteiger partial charge in [0.25, 0.3) is 0 Å². The Hall–Kier alpha value is -0.370. The van der Waals surface area contributed by atoms with Crippen LogP contribution in [0.25, 0.3) is 0 Å². The molecule has 6 heteroatoms. The first-order valence-electron chi connectivity index (χ1n) is 8.43. The van der Waals surface area contributed by atoms with E-state index in [4.69, 9.17) is 4.74 Å². The van der Waals surface area contributed by atoms with E-state index < -0.39 is 11.1 Å². The molecule has 2 aliphatic rings. The molecule has 0 spiro atoms. The van der Waals surface area contributed by atoms with Crippen molar-refractivity contribution in [1.82, 2.24) is 9.80 Å². The number of alkyl halides is 1. The third-order valence-electron chi connectivity index (χ3n) is 5.32. The number of carbonyl (C=O) groups is 2. The van der Waals surface area contributed by atoms with Gasteiger partial charge >= 0.3 is 6.03 Å². The van der Waals surface area contributed by atoms with Crippen molar-refractivity contribution in [3.05, 3.63) is 0 Å². The molecule has 0 aromatic heterocycles. The minimum atomic E-state index is -0.673. The zero-order valence-electron chi connectivity index (χ0n) is 15.1. The van der Waals surface area contributed by atoms with Crippen LogP contribution in [0.4, 0.5) is 4.79 Å². The fraction of sp³-hybridized carbons (Fsp3) is 0.882. The number of likely N-dealkylation sites (tertiary alicyclic amines) is 1. The molecule has 0 radical (unpaired) electrons. The summed E-state index contributed by atoms with van der Waals surface area (Å²) in [6.07, 6.45) is 1.70. The Morgan fingerprint density at radius 1 is 1.39 bits per heavy atom. The van der Waals surface area contributed by atoms with Crippen molar-refractivity contribution in [3.63, 3.8) is 0 Å². The summed E-state index contributed by atoms with van der Waals surface area (Å²) in [6.45, 7) is 12.5. The fourth-order valence-electron chi connectivity index (χ4n) is 3.64. The lowest BCUT2D eigenvalue weighted by molar-refractivity contribution is -0.133. The van der Waals surface area contributed by atoms with Crippen LogP contribution in [-0.2, 0) is 9.53 Å². The van der Waals surface area contributed by atoms with Crippen LogP contribution in [0.3, 0.4) is 0 Å². The normalized spacial score (nSPS) is 30.8. The van der Waals surface area contributed by atoms with E-state index in [1.54, 1.807) is 4.90 Å². The lowest BCUT2D eigenvalue weighted by atomic mass is 9.90. The highest BCUT2D eigenvalue weighted by Crippen LogP contribution is 2.40. The second kappa shape index (κ2) is 6.50. The third-order valence-corrected chi connectivity index (χ3v) is 6.34. The lowest BCUT2D eigenvalue weighted by Gasteiger charge is -2.39. The molecule has 2 saturated heterocycles. The lowest BCUT2D eigenvalue weighted by Crippen LogP contribution is -2.57. The number of hydrogen-bond donors (Lipinski definition) is 0. The first-order valence-corrected chi connectivity index (χ1v) is 9.96. The zero-order valence-corrected chi connectivity index (χ0v) is 17.2. The van der Waals surface area contributed by atoms with E-state index in [-0.39, 0.29) is 24.0 Å². The first kappa shape index (κ1) is 19.0. The van der Waals surface area contributed by atoms with Crippen LogP contribution in [-0.4, -0.2) is 50.6 Å². The van der Waals surface area contributed by atoms with E-state index in [1.165, 1.54) is 4.90 Å². The standard InChI is InChI=1S/C17H29IN2O3/c1-7-11(2)13-10-23-17(5,6)20(13)15(22)19-12(9-18)8-16(3,4)14(19)21/h11-13H,7-10H2,1-6H3/t11-,12-,13-/m1/s1. The van der Waals surface area contributed by atoms with Crippen LogP contribution in [0.5, 0.6) is 0 Å². The van der Waals surface area contributed by atoms with Crippen molar-refractivity contribution in [3.8, 4) is 0 Å². The van der Waals surface area contributed by atoms with E-state index in [1.807, 2.05) is 27.7 Å². The summed E-state index contributed by atoms with van der Waals surface area (Å²) in [7, 11) is 0. The summed E-state index contributed by atoms with van der Waals surface area (Å²) >= 11 is 2.27. The SMILES string of the molecule is CC[C@@H](C)[C@H]1COC(C)(C)N1C(=O)N1C(=O)C(C)(C)C[C@@H]1CI. The van der Waals surface area contributed by atoms with Crippen LogP contribution in [0.15, 0.2) is 0 Å².